The predicted molar refractivity (Wildman–Crippen MR) is 65.4 cm³/mol. The van der Waals surface area contributed by atoms with E-state index < -0.39 is 30.0 Å². The first-order valence-electron chi connectivity index (χ1n) is 4.93. The van der Waals surface area contributed by atoms with Gasteiger partial charge in [0.25, 0.3) is 20.2 Å². The van der Waals surface area contributed by atoms with Crippen molar-refractivity contribution in [3.63, 3.8) is 0 Å². The van der Waals surface area contributed by atoms with Crippen LogP contribution in [0, 0.1) is 5.21 Å². The van der Waals surface area contributed by atoms with Gasteiger partial charge in [0.05, 0.1) is 10.5 Å². The molecule has 0 aliphatic heterocycles. The molecule has 0 fully saturated rings. The lowest BCUT2D eigenvalue weighted by molar-refractivity contribution is -0.447. The molecule has 19 heavy (non-hydrogen) atoms. The largest absolute Gasteiger partial charge is 0.624 e. The van der Waals surface area contributed by atoms with E-state index >= 15 is 0 Å². The molecule has 1 rings (SSSR count). The van der Waals surface area contributed by atoms with Gasteiger partial charge in [-0.25, -0.2) is 4.74 Å². The van der Waals surface area contributed by atoms with Crippen molar-refractivity contribution in [2.45, 2.75) is 16.7 Å². The molecule has 0 aromatic heterocycles. The van der Waals surface area contributed by atoms with Gasteiger partial charge in [-0.2, -0.15) is 16.8 Å². The molecule has 0 saturated heterocycles. The van der Waals surface area contributed by atoms with E-state index in [0.717, 1.165) is 18.3 Å². The molecule has 0 unspecified atom stereocenters. The first-order valence-corrected chi connectivity index (χ1v) is 7.81. The smallest absolute Gasteiger partial charge is 0.295 e. The number of nitrogens with zero attached hydrogens (tertiary/aromatic N) is 1. The van der Waals surface area contributed by atoms with E-state index in [1.165, 1.54) is 6.92 Å². The van der Waals surface area contributed by atoms with Gasteiger partial charge in [0, 0.05) is 0 Å². The minimum atomic E-state index is -4.74. The molecule has 1 aromatic carbocycles. The highest BCUT2D eigenvalue weighted by atomic mass is 32.2. The van der Waals surface area contributed by atoms with Crippen molar-refractivity contribution in [2.24, 2.45) is 0 Å². The summed E-state index contributed by atoms with van der Waals surface area (Å²) < 4.78 is 62.3. The third-order valence-electron chi connectivity index (χ3n) is 2.16. The molecule has 0 bridgehead atoms. The molecule has 0 saturated carbocycles. The molecule has 2 N–H and O–H groups in total. The Morgan fingerprint density at radius 1 is 1.21 bits per heavy atom. The van der Waals surface area contributed by atoms with Crippen LogP contribution in [0.4, 0.5) is 0 Å². The second-order valence-corrected chi connectivity index (χ2v) is 6.32. The van der Waals surface area contributed by atoms with Crippen LogP contribution >= 0.6 is 0 Å². The number of hydrogen-bond acceptors (Lipinski definition) is 5. The summed E-state index contributed by atoms with van der Waals surface area (Å²) >= 11 is 0. The van der Waals surface area contributed by atoms with Crippen LogP contribution < -0.4 is 0 Å². The molecule has 0 aliphatic carbocycles. The Labute approximate surface area is 110 Å². The molecule has 1 aromatic rings. The number of hydroxylamine groups is 1. The third-order valence-corrected chi connectivity index (χ3v) is 3.91. The maximum Gasteiger partial charge on any atom is 0.295 e. The second kappa shape index (κ2) is 5.25. The summed E-state index contributed by atoms with van der Waals surface area (Å²) in [6.07, 6.45) is 0.886. The van der Waals surface area contributed by atoms with Crippen LogP contribution in [-0.4, -0.2) is 43.4 Å². The van der Waals surface area contributed by atoms with Crippen LogP contribution in [-0.2, 0) is 20.2 Å². The standard InChI is InChI=1S/C9H11NO7S2/c1-2-10(11)6-7-3-4-8(18(12,13)14)5-9(7)19(15,16)17/h3-6H,2H2,1H3,(H,12,13,14)(H,15,16,17)/b10-6+. The fourth-order valence-electron chi connectivity index (χ4n) is 1.25. The molecule has 0 spiro atoms. The van der Waals surface area contributed by atoms with Gasteiger partial charge in [-0.05, 0) is 25.1 Å². The Morgan fingerprint density at radius 3 is 2.21 bits per heavy atom. The summed E-state index contributed by atoms with van der Waals surface area (Å²) in [5.74, 6) is 0. The van der Waals surface area contributed by atoms with Crippen molar-refractivity contribution in [1.29, 1.82) is 0 Å². The van der Waals surface area contributed by atoms with Crippen molar-refractivity contribution in [1.82, 2.24) is 0 Å². The molecule has 106 valence electrons. The summed E-state index contributed by atoms with van der Waals surface area (Å²) in [6, 6.07) is 2.48. The first kappa shape index (κ1) is 15.6. The van der Waals surface area contributed by atoms with Gasteiger partial charge in [-0.3, -0.25) is 9.11 Å². The van der Waals surface area contributed by atoms with E-state index in [-0.39, 0.29) is 12.1 Å². The van der Waals surface area contributed by atoms with Gasteiger partial charge in [0.15, 0.2) is 12.8 Å². The highest BCUT2D eigenvalue weighted by Crippen LogP contribution is 2.19. The monoisotopic (exact) mass is 309 g/mol. The summed E-state index contributed by atoms with van der Waals surface area (Å²) in [7, 11) is -9.36. The lowest BCUT2D eigenvalue weighted by atomic mass is 10.2. The fraction of sp³-hybridized carbons (Fsp3) is 0.222. The van der Waals surface area contributed by atoms with Crippen molar-refractivity contribution in [2.75, 3.05) is 6.54 Å². The van der Waals surface area contributed by atoms with E-state index in [4.69, 9.17) is 9.11 Å². The molecule has 0 heterocycles. The molecule has 0 amide bonds. The maximum absolute atomic E-state index is 11.2. The number of hydrogen-bond donors (Lipinski definition) is 2. The zero-order valence-electron chi connectivity index (χ0n) is 9.72. The van der Waals surface area contributed by atoms with Crippen LogP contribution in [0.2, 0.25) is 0 Å². The third kappa shape index (κ3) is 3.99. The van der Waals surface area contributed by atoms with Gasteiger partial charge < -0.3 is 5.21 Å². The van der Waals surface area contributed by atoms with Gasteiger partial charge in [-0.1, -0.05) is 0 Å². The summed E-state index contributed by atoms with van der Waals surface area (Å²) in [4.78, 5) is -1.48. The summed E-state index contributed by atoms with van der Waals surface area (Å²) in [5.41, 5.74) is -0.188. The zero-order valence-corrected chi connectivity index (χ0v) is 11.3. The Kier molecular flexibility index (Phi) is 4.30. The Hall–Kier alpha value is -1.49. The van der Waals surface area contributed by atoms with E-state index in [1.807, 2.05) is 0 Å². The van der Waals surface area contributed by atoms with Crippen LogP contribution in [0.15, 0.2) is 28.0 Å². The normalized spacial score (nSPS) is 13.5. The molecule has 0 aliphatic rings. The van der Waals surface area contributed by atoms with Crippen molar-refractivity contribution >= 4 is 26.5 Å². The number of rotatable bonds is 4. The average Bonchev–Trinajstić information content (AvgIpc) is 2.26. The lowest BCUT2D eigenvalue weighted by Gasteiger charge is -2.05. The Morgan fingerprint density at radius 2 is 1.79 bits per heavy atom. The predicted octanol–water partition coefficient (Wildman–Crippen LogP) is 0.129. The minimum absolute atomic E-state index is 0.0327. The SMILES string of the molecule is CC/[N+]([O-])=C\c1ccc(S(=O)(=O)O)cc1S(=O)(=O)O. The lowest BCUT2D eigenvalue weighted by Crippen LogP contribution is -2.10. The fourth-order valence-corrected chi connectivity index (χ4v) is 2.53. The maximum atomic E-state index is 11.2. The van der Waals surface area contributed by atoms with Crippen molar-refractivity contribution in [3.8, 4) is 0 Å². The quantitative estimate of drug-likeness (QED) is 0.265. The molecule has 0 radical (unpaired) electrons. The van der Waals surface area contributed by atoms with Crippen molar-refractivity contribution in [3.05, 3.63) is 29.0 Å². The van der Waals surface area contributed by atoms with Crippen molar-refractivity contribution < 1.29 is 30.7 Å². The van der Waals surface area contributed by atoms with E-state index in [2.05, 4.69) is 0 Å². The summed E-state index contributed by atoms with van der Waals surface area (Å²) in [6.45, 7) is 1.55. The molecule has 0 atom stereocenters. The number of benzene rings is 1. The average molecular weight is 309 g/mol. The minimum Gasteiger partial charge on any atom is -0.624 e. The van der Waals surface area contributed by atoms with E-state index in [9.17, 15) is 22.0 Å². The van der Waals surface area contributed by atoms with Gasteiger partial charge >= 0.3 is 0 Å². The van der Waals surface area contributed by atoms with E-state index in [1.54, 1.807) is 0 Å². The highest BCUT2D eigenvalue weighted by molar-refractivity contribution is 7.86. The molecule has 10 heteroatoms. The van der Waals surface area contributed by atoms with Crippen LogP contribution in [0.25, 0.3) is 0 Å². The van der Waals surface area contributed by atoms with Crippen LogP contribution in [0.1, 0.15) is 12.5 Å². The Balaban J connectivity index is 3.61. The molecular formula is C9H11NO7S2. The van der Waals surface area contributed by atoms with Gasteiger partial charge in [0.2, 0.25) is 0 Å². The van der Waals surface area contributed by atoms with Gasteiger partial charge in [-0.15, -0.1) is 0 Å². The Bertz CT molecular complexity index is 719. The summed E-state index contributed by atoms with van der Waals surface area (Å²) in [5, 5.41) is 11.2. The van der Waals surface area contributed by atoms with Crippen LogP contribution in [0.3, 0.4) is 0 Å². The van der Waals surface area contributed by atoms with E-state index in [0.29, 0.717) is 10.8 Å². The topological polar surface area (TPSA) is 135 Å². The first-order chi connectivity index (χ1) is 8.55. The highest BCUT2D eigenvalue weighted by Gasteiger charge is 2.20. The molecular weight excluding hydrogens is 298 g/mol. The van der Waals surface area contributed by atoms with Crippen LogP contribution in [0.5, 0.6) is 0 Å². The molecule has 8 nitrogen and oxygen atoms in total. The second-order valence-electron chi connectivity index (χ2n) is 3.51. The zero-order chi connectivity index (χ0) is 14.8. The van der Waals surface area contributed by atoms with Gasteiger partial charge in [0.1, 0.15) is 4.90 Å².